The highest BCUT2D eigenvalue weighted by atomic mass is 16.5. The average molecular weight is 457 g/mol. The van der Waals surface area contributed by atoms with Crippen molar-refractivity contribution < 1.29 is 4.74 Å². The number of nitrogens with zero attached hydrogens (tertiary/aromatic N) is 7. The van der Waals surface area contributed by atoms with E-state index < -0.39 is 0 Å². The summed E-state index contributed by atoms with van der Waals surface area (Å²) in [6.45, 7) is 2.00. The van der Waals surface area contributed by atoms with Crippen LogP contribution in [0.5, 0.6) is 11.8 Å². The molecule has 0 fully saturated rings. The summed E-state index contributed by atoms with van der Waals surface area (Å²) in [5, 5.41) is 9.56. The van der Waals surface area contributed by atoms with Crippen LogP contribution < -0.4 is 4.74 Å². The number of fused-ring (bicyclic) bond motifs is 4. The fourth-order valence-electron chi connectivity index (χ4n) is 4.71. The van der Waals surface area contributed by atoms with Gasteiger partial charge < -0.3 is 4.74 Å². The number of rotatable bonds is 3. The Kier molecular flexibility index (Phi) is 4.25. The van der Waals surface area contributed by atoms with Gasteiger partial charge in [-0.25, -0.2) is 19.2 Å². The minimum atomic E-state index is -0.219. The Balaban J connectivity index is 1.50. The number of para-hydroxylation sites is 1. The number of aryl methyl sites for hydroxylation is 1. The van der Waals surface area contributed by atoms with E-state index in [2.05, 4.69) is 16.0 Å². The van der Waals surface area contributed by atoms with E-state index in [1.165, 1.54) is 0 Å². The van der Waals surface area contributed by atoms with Crippen molar-refractivity contribution in [3.05, 3.63) is 114 Å². The molecule has 0 bridgehead atoms. The van der Waals surface area contributed by atoms with Gasteiger partial charge in [0, 0.05) is 18.0 Å². The molecule has 5 heterocycles. The molecular weight excluding hydrogens is 438 g/mol. The first kappa shape index (κ1) is 19.6. The lowest BCUT2D eigenvalue weighted by molar-refractivity contribution is 0.402. The Morgan fingerprint density at radius 2 is 1.66 bits per heavy atom. The SMILES string of the molecule is Cc1nn(-c2ccccc2)c2c1[C@@H](c1cccnc1)c1c(ncn3nc(-c4ccccc4)nc13)O2. The molecule has 0 radical (unpaired) electrons. The molecular formula is C27H19N7O. The van der Waals surface area contributed by atoms with Crippen LogP contribution in [-0.2, 0) is 0 Å². The predicted octanol–water partition coefficient (Wildman–Crippen LogP) is 4.97. The number of benzene rings is 2. The number of hydrogen-bond donors (Lipinski definition) is 0. The fourth-order valence-corrected chi connectivity index (χ4v) is 4.71. The minimum absolute atomic E-state index is 0.219. The van der Waals surface area contributed by atoms with E-state index in [4.69, 9.17) is 19.9 Å². The maximum absolute atomic E-state index is 6.45. The molecule has 0 spiro atoms. The molecule has 0 saturated carbocycles. The van der Waals surface area contributed by atoms with E-state index in [0.717, 1.165) is 33.6 Å². The summed E-state index contributed by atoms with van der Waals surface area (Å²) in [4.78, 5) is 14.0. The molecule has 0 N–H and O–H groups in total. The molecule has 1 aliphatic rings. The maximum Gasteiger partial charge on any atom is 0.230 e. The zero-order valence-electron chi connectivity index (χ0n) is 18.8. The largest absolute Gasteiger partial charge is 0.420 e. The van der Waals surface area contributed by atoms with E-state index >= 15 is 0 Å². The topological polar surface area (TPSA) is 83.0 Å². The second kappa shape index (κ2) is 7.59. The molecule has 2 aromatic carbocycles. The highest BCUT2D eigenvalue weighted by Gasteiger charge is 2.38. The summed E-state index contributed by atoms with van der Waals surface area (Å²) in [5.41, 5.74) is 6.24. The molecule has 8 heteroatoms. The van der Waals surface area contributed by atoms with Crippen molar-refractivity contribution in [3.63, 3.8) is 0 Å². The van der Waals surface area contributed by atoms with Crippen LogP contribution in [0.3, 0.4) is 0 Å². The summed E-state index contributed by atoms with van der Waals surface area (Å²) in [6.07, 6.45) is 5.30. The summed E-state index contributed by atoms with van der Waals surface area (Å²) >= 11 is 0. The van der Waals surface area contributed by atoms with Crippen LogP contribution in [0.4, 0.5) is 0 Å². The monoisotopic (exact) mass is 457 g/mol. The van der Waals surface area contributed by atoms with Crippen LogP contribution in [0.15, 0.2) is 91.5 Å². The Bertz CT molecular complexity index is 1680. The van der Waals surface area contributed by atoms with E-state index in [1.54, 1.807) is 17.0 Å². The molecule has 0 amide bonds. The van der Waals surface area contributed by atoms with E-state index in [1.807, 2.05) is 84.5 Å². The smallest absolute Gasteiger partial charge is 0.230 e. The number of ether oxygens (including phenoxy) is 1. The molecule has 0 saturated heterocycles. The summed E-state index contributed by atoms with van der Waals surface area (Å²) in [7, 11) is 0. The second-order valence-electron chi connectivity index (χ2n) is 8.41. The van der Waals surface area contributed by atoms with Crippen molar-refractivity contribution in [1.82, 2.24) is 34.3 Å². The molecule has 8 nitrogen and oxygen atoms in total. The third-order valence-corrected chi connectivity index (χ3v) is 6.27. The molecule has 1 atom stereocenters. The van der Waals surface area contributed by atoms with Gasteiger partial charge in [0.2, 0.25) is 11.8 Å². The molecule has 6 aromatic rings. The van der Waals surface area contributed by atoms with Crippen LogP contribution in [0.25, 0.3) is 22.7 Å². The Morgan fingerprint density at radius 3 is 2.43 bits per heavy atom. The first-order chi connectivity index (χ1) is 17.3. The Labute approximate surface area is 200 Å². The van der Waals surface area contributed by atoms with Crippen LogP contribution in [0.1, 0.15) is 28.3 Å². The standard InChI is InChI=1S/C27H19N7O/c1-17-21-22(19-11-8-14-28-15-19)23-25-30-24(18-9-4-2-5-10-18)32-33(25)16-29-26(23)35-27(21)34(31-17)20-12-6-3-7-13-20/h2-16,22H,1H3/t22-/m1/s1. The van der Waals surface area contributed by atoms with Crippen molar-refractivity contribution >= 4 is 5.65 Å². The molecule has 168 valence electrons. The fraction of sp³-hybridized carbons (Fsp3) is 0.0741. The van der Waals surface area contributed by atoms with Crippen LogP contribution in [0.2, 0.25) is 0 Å². The maximum atomic E-state index is 6.45. The lowest BCUT2D eigenvalue weighted by Crippen LogP contribution is -2.16. The van der Waals surface area contributed by atoms with Crippen molar-refractivity contribution in [1.29, 1.82) is 0 Å². The average Bonchev–Trinajstić information content (AvgIpc) is 3.50. The second-order valence-corrected chi connectivity index (χ2v) is 8.41. The van der Waals surface area contributed by atoms with E-state index in [-0.39, 0.29) is 5.92 Å². The zero-order chi connectivity index (χ0) is 23.4. The van der Waals surface area contributed by atoms with E-state index in [0.29, 0.717) is 23.2 Å². The van der Waals surface area contributed by atoms with Gasteiger partial charge in [-0.2, -0.15) is 5.10 Å². The van der Waals surface area contributed by atoms with Gasteiger partial charge in [-0.15, -0.1) is 5.10 Å². The Hall–Kier alpha value is -4.85. The lowest BCUT2D eigenvalue weighted by Gasteiger charge is -2.26. The van der Waals surface area contributed by atoms with Crippen molar-refractivity contribution in [2.45, 2.75) is 12.8 Å². The quantitative estimate of drug-likeness (QED) is 0.373. The van der Waals surface area contributed by atoms with Gasteiger partial charge in [0.1, 0.15) is 6.33 Å². The molecule has 0 aliphatic carbocycles. The summed E-state index contributed by atoms with van der Waals surface area (Å²) in [6, 6.07) is 23.9. The highest BCUT2D eigenvalue weighted by molar-refractivity contribution is 5.68. The minimum Gasteiger partial charge on any atom is -0.420 e. The van der Waals surface area contributed by atoms with Crippen molar-refractivity contribution in [2.75, 3.05) is 0 Å². The molecule has 0 unspecified atom stereocenters. The number of pyridine rings is 1. The molecule has 4 aromatic heterocycles. The molecule has 7 rings (SSSR count). The van der Waals surface area contributed by atoms with Gasteiger partial charge >= 0.3 is 0 Å². The van der Waals surface area contributed by atoms with Gasteiger partial charge in [-0.3, -0.25) is 4.98 Å². The predicted molar refractivity (Wildman–Crippen MR) is 130 cm³/mol. The number of hydrogen-bond acceptors (Lipinski definition) is 6. The lowest BCUT2D eigenvalue weighted by atomic mass is 9.85. The van der Waals surface area contributed by atoms with Crippen molar-refractivity contribution in [3.8, 4) is 28.8 Å². The van der Waals surface area contributed by atoms with Gasteiger partial charge in [0.05, 0.1) is 28.4 Å². The van der Waals surface area contributed by atoms with Gasteiger partial charge in [-0.05, 0) is 30.7 Å². The third kappa shape index (κ3) is 3.03. The van der Waals surface area contributed by atoms with Gasteiger partial charge in [-0.1, -0.05) is 54.6 Å². The van der Waals surface area contributed by atoms with Crippen LogP contribution >= 0.6 is 0 Å². The first-order valence-electron chi connectivity index (χ1n) is 11.3. The molecule has 1 aliphatic heterocycles. The summed E-state index contributed by atoms with van der Waals surface area (Å²) < 4.78 is 10.00. The molecule has 35 heavy (non-hydrogen) atoms. The Morgan fingerprint density at radius 1 is 0.857 bits per heavy atom. The third-order valence-electron chi connectivity index (χ3n) is 6.27. The van der Waals surface area contributed by atoms with Crippen LogP contribution in [-0.4, -0.2) is 34.3 Å². The van der Waals surface area contributed by atoms with E-state index in [9.17, 15) is 0 Å². The zero-order valence-corrected chi connectivity index (χ0v) is 18.8. The summed E-state index contributed by atoms with van der Waals surface area (Å²) in [5.74, 6) is 1.55. The normalized spacial score (nSPS) is 14.4. The van der Waals surface area contributed by atoms with Gasteiger partial charge in [0.25, 0.3) is 0 Å². The first-order valence-corrected chi connectivity index (χ1v) is 11.3. The van der Waals surface area contributed by atoms with Crippen LogP contribution in [0, 0.1) is 6.92 Å². The van der Waals surface area contributed by atoms with Gasteiger partial charge in [0.15, 0.2) is 11.5 Å². The number of aromatic nitrogens is 7. The highest BCUT2D eigenvalue weighted by Crippen LogP contribution is 2.49. The van der Waals surface area contributed by atoms with Crippen molar-refractivity contribution in [2.24, 2.45) is 0 Å².